The molecule has 2 amide bonds. The Kier molecular flexibility index (Phi) is 4.87. The lowest BCUT2D eigenvalue weighted by molar-refractivity contribution is -0.132. The summed E-state index contributed by atoms with van der Waals surface area (Å²) in [6.07, 6.45) is 4.19. The van der Waals surface area contributed by atoms with Gasteiger partial charge >= 0.3 is 0 Å². The van der Waals surface area contributed by atoms with Gasteiger partial charge in [-0.3, -0.25) is 9.59 Å². The predicted molar refractivity (Wildman–Crippen MR) is 90.3 cm³/mol. The van der Waals surface area contributed by atoms with Gasteiger partial charge in [-0.15, -0.1) is 0 Å². The van der Waals surface area contributed by atoms with Crippen molar-refractivity contribution in [3.8, 4) is 0 Å². The molecule has 6 heteroatoms. The van der Waals surface area contributed by atoms with Gasteiger partial charge in [0.2, 0.25) is 11.8 Å². The van der Waals surface area contributed by atoms with Gasteiger partial charge in [-0.1, -0.05) is 17.7 Å². The zero-order chi connectivity index (χ0) is 16.4. The van der Waals surface area contributed by atoms with Crippen molar-refractivity contribution in [1.82, 2.24) is 5.32 Å². The molecular weight excluding hydrogens is 314 g/mol. The van der Waals surface area contributed by atoms with E-state index in [1.807, 2.05) is 12.1 Å². The first kappa shape index (κ1) is 16.3. The second kappa shape index (κ2) is 6.89. The number of benzene rings is 1. The van der Waals surface area contributed by atoms with Crippen LogP contribution in [0.4, 0.5) is 5.69 Å². The van der Waals surface area contributed by atoms with Crippen molar-refractivity contribution in [1.29, 1.82) is 0 Å². The predicted octanol–water partition coefficient (Wildman–Crippen LogP) is 2.08. The highest BCUT2D eigenvalue weighted by atomic mass is 35.5. The van der Waals surface area contributed by atoms with Crippen LogP contribution in [0, 0.1) is 5.92 Å². The summed E-state index contributed by atoms with van der Waals surface area (Å²) in [4.78, 5) is 26.6. The largest absolute Gasteiger partial charge is 0.353 e. The van der Waals surface area contributed by atoms with Crippen molar-refractivity contribution in [3.63, 3.8) is 0 Å². The number of rotatable bonds is 3. The average Bonchev–Trinajstić information content (AvgIpc) is 2.91. The van der Waals surface area contributed by atoms with E-state index in [2.05, 4.69) is 5.32 Å². The van der Waals surface area contributed by atoms with Gasteiger partial charge in [-0.25, -0.2) is 0 Å². The topological polar surface area (TPSA) is 75.4 Å². The van der Waals surface area contributed by atoms with E-state index in [0.717, 1.165) is 31.4 Å². The third-order valence-corrected chi connectivity index (χ3v) is 5.00. The Hall–Kier alpha value is -1.59. The van der Waals surface area contributed by atoms with Crippen LogP contribution in [0.1, 0.15) is 32.1 Å². The van der Waals surface area contributed by atoms with Gasteiger partial charge in [0.25, 0.3) is 0 Å². The summed E-state index contributed by atoms with van der Waals surface area (Å²) in [6.45, 7) is 0.548. The molecule has 2 aliphatic rings. The number of carbonyl (C=O) groups is 2. The van der Waals surface area contributed by atoms with Crippen LogP contribution in [-0.2, 0) is 9.59 Å². The number of nitrogens with zero attached hydrogens (tertiary/aromatic N) is 1. The SMILES string of the molecule is NC1CCC(NC(=O)C2CCN(c3cccc(Cl)c3)C2=O)CC1. The van der Waals surface area contributed by atoms with E-state index < -0.39 is 5.92 Å². The Balaban J connectivity index is 1.61. The average molecular weight is 336 g/mol. The summed E-state index contributed by atoms with van der Waals surface area (Å²) in [5, 5.41) is 3.61. The number of nitrogens with one attached hydrogen (secondary N) is 1. The van der Waals surface area contributed by atoms with Crippen LogP contribution in [0.5, 0.6) is 0 Å². The van der Waals surface area contributed by atoms with Crippen molar-refractivity contribution in [3.05, 3.63) is 29.3 Å². The molecule has 1 saturated heterocycles. The molecule has 2 fully saturated rings. The molecule has 0 spiro atoms. The van der Waals surface area contributed by atoms with Crippen molar-refractivity contribution in [2.45, 2.75) is 44.2 Å². The van der Waals surface area contributed by atoms with Crippen LogP contribution in [0.25, 0.3) is 0 Å². The van der Waals surface area contributed by atoms with E-state index in [4.69, 9.17) is 17.3 Å². The van der Waals surface area contributed by atoms with Gasteiger partial charge in [0, 0.05) is 29.3 Å². The number of halogens is 1. The van der Waals surface area contributed by atoms with E-state index in [1.165, 1.54) is 0 Å². The number of amides is 2. The van der Waals surface area contributed by atoms with Gasteiger partial charge in [-0.2, -0.15) is 0 Å². The van der Waals surface area contributed by atoms with Crippen LogP contribution >= 0.6 is 11.6 Å². The lowest BCUT2D eigenvalue weighted by atomic mass is 9.91. The number of nitrogens with two attached hydrogens (primary N) is 1. The fraction of sp³-hybridized carbons (Fsp3) is 0.529. The quantitative estimate of drug-likeness (QED) is 0.830. The van der Waals surface area contributed by atoms with Crippen molar-refractivity contribution < 1.29 is 9.59 Å². The smallest absolute Gasteiger partial charge is 0.239 e. The highest BCUT2D eigenvalue weighted by molar-refractivity contribution is 6.31. The molecule has 1 atom stereocenters. The van der Waals surface area contributed by atoms with E-state index in [9.17, 15) is 9.59 Å². The molecule has 0 radical (unpaired) electrons. The molecule has 0 aromatic heterocycles. The number of anilines is 1. The molecule has 1 unspecified atom stereocenters. The van der Waals surface area contributed by atoms with Crippen LogP contribution in [0.2, 0.25) is 5.02 Å². The van der Waals surface area contributed by atoms with Crippen molar-refractivity contribution in [2.24, 2.45) is 11.7 Å². The third-order valence-electron chi connectivity index (χ3n) is 4.76. The maximum atomic E-state index is 12.6. The molecule has 1 aliphatic heterocycles. The molecule has 0 bridgehead atoms. The second-order valence-corrected chi connectivity index (χ2v) is 6.87. The van der Waals surface area contributed by atoms with E-state index >= 15 is 0 Å². The lowest BCUT2D eigenvalue weighted by Crippen LogP contribution is -2.44. The molecule has 23 heavy (non-hydrogen) atoms. The highest BCUT2D eigenvalue weighted by Gasteiger charge is 2.38. The zero-order valence-electron chi connectivity index (χ0n) is 13.0. The van der Waals surface area contributed by atoms with E-state index in [0.29, 0.717) is 18.0 Å². The molecule has 5 nitrogen and oxygen atoms in total. The van der Waals surface area contributed by atoms with Gasteiger partial charge in [0.05, 0.1) is 0 Å². The standard InChI is InChI=1S/C17H22ClN3O2/c18-11-2-1-3-14(10-11)21-9-8-15(17(21)23)16(22)20-13-6-4-12(19)5-7-13/h1-3,10,12-13,15H,4-9,19H2,(H,20,22). The van der Waals surface area contributed by atoms with Gasteiger partial charge in [0.1, 0.15) is 5.92 Å². The Morgan fingerprint density at radius 2 is 1.96 bits per heavy atom. The summed E-state index contributed by atoms with van der Waals surface area (Å²) < 4.78 is 0. The fourth-order valence-corrected chi connectivity index (χ4v) is 3.57. The lowest BCUT2D eigenvalue weighted by Gasteiger charge is -2.27. The zero-order valence-corrected chi connectivity index (χ0v) is 13.8. The first-order chi connectivity index (χ1) is 11.0. The van der Waals surface area contributed by atoms with Crippen LogP contribution < -0.4 is 16.0 Å². The minimum atomic E-state index is -0.593. The van der Waals surface area contributed by atoms with Crippen molar-refractivity contribution in [2.75, 3.05) is 11.4 Å². The number of hydrogen-bond donors (Lipinski definition) is 2. The maximum absolute atomic E-state index is 12.6. The maximum Gasteiger partial charge on any atom is 0.239 e. The monoisotopic (exact) mass is 335 g/mol. The molecule has 1 aromatic carbocycles. The highest BCUT2D eigenvalue weighted by Crippen LogP contribution is 2.28. The fourth-order valence-electron chi connectivity index (χ4n) is 3.39. The third kappa shape index (κ3) is 3.67. The van der Waals surface area contributed by atoms with Gasteiger partial charge in [-0.05, 0) is 50.3 Å². The van der Waals surface area contributed by atoms with E-state index in [-0.39, 0.29) is 23.9 Å². The Morgan fingerprint density at radius 1 is 1.22 bits per heavy atom. The van der Waals surface area contributed by atoms with Crippen LogP contribution in [0.3, 0.4) is 0 Å². The van der Waals surface area contributed by atoms with Gasteiger partial charge < -0.3 is 16.0 Å². The Bertz CT molecular complexity index is 599. The Morgan fingerprint density at radius 3 is 2.65 bits per heavy atom. The summed E-state index contributed by atoms with van der Waals surface area (Å²) >= 11 is 5.98. The number of carbonyl (C=O) groups excluding carboxylic acids is 2. The molecule has 3 rings (SSSR count). The van der Waals surface area contributed by atoms with Gasteiger partial charge in [0.15, 0.2) is 0 Å². The Labute approximate surface area is 141 Å². The summed E-state index contributed by atoms with van der Waals surface area (Å²) in [7, 11) is 0. The van der Waals surface area contributed by atoms with Crippen LogP contribution in [-0.4, -0.2) is 30.4 Å². The molecule has 1 heterocycles. The van der Waals surface area contributed by atoms with Crippen LogP contribution in [0.15, 0.2) is 24.3 Å². The molecule has 1 aliphatic carbocycles. The summed E-state index contributed by atoms with van der Waals surface area (Å²) in [5.74, 6) is -0.887. The molecule has 1 saturated carbocycles. The second-order valence-electron chi connectivity index (χ2n) is 6.43. The molecule has 124 valence electrons. The summed E-state index contributed by atoms with van der Waals surface area (Å²) in [5.41, 5.74) is 6.63. The van der Waals surface area contributed by atoms with Crippen molar-refractivity contribution >= 4 is 29.1 Å². The molecular formula is C17H22ClN3O2. The molecule has 1 aromatic rings. The first-order valence-corrected chi connectivity index (χ1v) is 8.55. The normalized spacial score (nSPS) is 28.0. The van der Waals surface area contributed by atoms with E-state index in [1.54, 1.807) is 17.0 Å². The first-order valence-electron chi connectivity index (χ1n) is 8.17. The minimum absolute atomic E-state index is 0.141. The summed E-state index contributed by atoms with van der Waals surface area (Å²) in [6, 6.07) is 7.56. The minimum Gasteiger partial charge on any atom is -0.353 e. The number of hydrogen-bond acceptors (Lipinski definition) is 3. The molecule has 3 N–H and O–H groups in total.